The van der Waals surface area contributed by atoms with Crippen molar-refractivity contribution in [3.63, 3.8) is 0 Å². The molecule has 0 radical (unpaired) electrons. The van der Waals surface area contributed by atoms with Gasteiger partial charge in [-0.15, -0.1) is 13.2 Å². The summed E-state index contributed by atoms with van der Waals surface area (Å²) in [6.45, 7) is 0.298. The maximum absolute atomic E-state index is 12.7. The number of hydrogen-bond donors (Lipinski definition) is 1. The monoisotopic (exact) mass is 410 g/mol. The second kappa shape index (κ2) is 9.14. The van der Waals surface area contributed by atoms with Crippen molar-refractivity contribution in [2.45, 2.75) is 12.8 Å². The van der Waals surface area contributed by atoms with Crippen molar-refractivity contribution in [2.24, 2.45) is 0 Å². The highest BCUT2D eigenvalue weighted by Crippen LogP contribution is 2.27. The number of nitrogens with zero attached hydrogens (tertiary/aromatic N) is 1. The summed E-state index contributed by atoms with van der Waals surface area (Å²) in [5, 5.41) is 12.2. The predicted octanol–water partition coefficient (Wildman–Crippen LogP) is 5.10. The van der Waals surface area contributed by atoms with Crippen LogP contribution < -0.4 is 10.1 Å². The van der Waals surface area contributed by atoms with Crippen molar-refractivity contribution in [1.82, 2.24) is 5.32 Å². The first kappa shape index (κ1) is 20.9. The third kappa shape index (κ3) is 5.39. The van der Waals surface area contributed by atoms with Crippen LogP contribution in [0.1, 0.15) is 21.5 Å². The predicted molar refractivity (Wildman–Crippen MR) is 106 cm³/mol. The minimum atomic E-state index is -4.73. The zero-order valence-corrected chi connectivity index (χ0v) is 15.7. The van der Waals surface area contributed by atoms with Crippen LogP contribution in [-0.4, -0.2) is 18.8 Å². The number of ether oxygens (including phenoxy) is 1. The number of nitriles is 1. The Kier molecular flexibility index (Phi) is 6.38. The molecule has 3 aromatic carbocycles. The Balaban J connectivity index is 1.66. The highest BCUT2D eigenvalue weighted by Gasteiger charge is 2.30. The summed E-state index contributed by atoms with van der Waals surface area (Å²) in [6.07, 6.45) is -4.29. The molecule has 0 saturated carbocycles. The topological polar surface area (TPSA) is 62.1 Å². The molecule has 3 rings (SSSR count). The summed E-state index contributed by atoms with van der Waals surface area (Å²) in [7, 11) is 0. The van der Waals surface area contributed by atoms with Crippen LogP contribution in [0, 0.1) is 11.3 Å². The minimum Gasteiger partial charge on any atom is -0.406 e. The fraction of sp³-hybridized carbons (Fsp3) is 0.130. The van der Waals surface area contributed by atoms with Crippen LogP contribution in [0.3, 0.4) is 0 Å². The van der Waals surface area contributed by atoms with Crippen LogP contribution in [-0.2, 0) is 6.42 Å². The van der Waals surface area contributed by atoms with E-state index in [2.05, 4.69) is 16.1 Å². The van der Waals surface area contributed by atoms with Gasteiger partial charge in [-0.1, -0.05) is 48.5 Å². The molecule has 152 valence electrons. The van der Waals surface area contributed by atoms with Gasteiger partial charge in [-0.3, -0.25) is 4.79 Å². The van der Waals surface area contributed by atoms with Crippen molar-refractivity contribution in [3.05, 3.63) is 89.5 Å². The van der Waals surface area contributed by atoms with Crippen molar-refractivity contribution in [3.8, 4) is 22.9 Å². The van der Waals surface area contributed by atoms with E-state index in [9.17, 15) is 23.2 Å². The number of carbonyl (C=O) groups is 1. The molecule has 0 aliphatic carbocycles. The van der Waals surface area contributed by atoms with Gasteiger partial charge in [0.15, 0.2) is 0 Å². The van der Waals surface area contributed by atoms with E-state index >= 15 is 0 Å². The van der Waals surface area contributed by atoms with E-state index in [4.69, 9.17) is 0 Å². The third-order valence-corrected chi connectivity index (χ3v) is 4.37. The number of benzene rings is 3. The molecule has 0 heterocycles. The van der Waals surface area contributed by atoms with Gasteiger partial charge in [-0.05, 0) is 41.8 Å². The average molecular weight is 410 g/mol. The largest absolute Gasteiger partial charge is 0.573 e. The Morgan fingerprint density at radius 2 is 1.57 bits per heavy atom. The van der Waals surface area contributed by atoms with Crippen LogP contribution in [0.4, 0.5) is 13.2 Å². The van der Waals surface area contributed by atoms with Gasteiger partial charge < -0.3 is 10.1 Å². The van der Waals surface area contributed by atoms with Gasteiger partial charge in [0.2, 0.25) is 0 Å². The van der Waals surface area contributed by atoms with Gasteiger partial charge >= 0.3 is 6.36 Å². The zero-order valence-electron chi connectivity index (χ0n) is 15.7. The molecule has 0 spiro atoms. The summed E-state index contributed by atoms with van der Waals surface area (Å²) in [6, 6.07) is 21.7. The Morgan fingerprint density at radius 3 is 2.23 bits per heavy atom. The Hall–Kier alpha value is -3.79. The first-order valence-electron chi connectivity index (χ1n) is 9.09. The summed E-state index contributed by atoms with van der Waals surface area (Å²) in [5.74, 6) is -0.587. The molecular weight excluding hydrogens is 393 g/mol. The lowest BCUT2D eigenvalue weighted by molar-refractivity contribution is -0.274. The fourth-order valence-electron chi connectivity index (χ4n) is 3.00. The first-order valence-corrected chi connectivity index (χ1v) is 9.09. The lowest BCUT2D eigenvalue weighted by Gasteiger charge is -2.12. The maximum Gasteiger partial charge on any atom is 0.573 e. The molecule has 7 heteroatoms. The highest BCUT2D eigenvalue weighted by atomic mass is 19.4. The lowest BCUT2D eigenvalue weighted by atomic mass is 9.95. The normalized spacial score (nSPS) is 10.9. The standard InChI is InChI=1S/C23H17F3N2O2/c24-23(25,26)30-18-11-9-16(10-12-18)13-14-28-22(29)21-8-4-3-7-20(21)19-6-2-1-5-17(19)15-27/h1-12H,13-14H2,(H,28,29). The van der Waals surface area contributed by atoms with E-state index in [1.165, 1.54) is 24.3 Å². The summed E-state index contributed by atoms with van der Waals surface area (Å²) < 4.78 is 40.5. The SMILES string of the molecule is N#Cc1ccccc1-c1ccccc1C(=O)NCCc1ccc(OC(F)(F)F)cc1. The van der Waals surface area contributed by atoms with Gasteiger partial charge in [0.1, 0.15) is 5.75 Å². The Labute approximate surface area is 171 Å². The smallest absolute Gasteiger partial charge is 0.406 e. The number of amides is 1. The number of halogens is 3. The highest BCUT2D eigenvalue weighted by molar-refractivity contribution is 6.01. The molecule has 1 N–H and O–H groups in total. The molecule has 30 heavy (non-hydrogen) atoms. The molecule has 0 aromatic heterocycles. The molecule has 0 unspecified atom stereocenters. The Morgan fingerprint density at radius 1 is 0.933 bits per heavy atom. The first-order chi connectivity index (χ1) is 14.4. The minimum absolute atomic E-state index is 0.291. The molecule has 0 saturated heterocycles. The third-order valence-electron chi connectivity index (χ3n) is 4.37. The molecule has 4 nitrogen and oxygen atoms in total. The summed E-state index contributed by atoms with van der Waals surface area (Å²) in [5.41, 5.74) is 2.99. The number of rotatable bonds is 6. The number of alkyl halides is 3. The van der Waals surface area contributed by atoms with Crippen LogP contribution in [0.2, 0.25) is 0 Å². The second-order valence-corrected chi connectivity index (χ2v) is 6.40. The van der Waals surface area contributed by atoms with E-state index in [-0.39, 0.29) is 11.7 Å². The summed E-state index contributed by atoms with van der Waals surface area (Å²) >= 11 is 0. The van der Waals surface area contributed by atoms with Gasteiger partial charge in [0.05, 0.1) is 11.6 Å². The van der Waals surface area contributed by atoms with Crippen molar-refractivity contribution >= 4 is 5.91 Å². The quantitative estimate of drug-likeness (QED) is 0.615. The van der Waals surface area contributed by atoms with Gasteiger partial charge in [-0.25, -0.2) is 0 Å². The van der Waals surface area contributed by atoms with Crippen LogP contribution in [0.25, 0.3) is 11.1 Å². The lowest BCUT2D eigenvalue weighted by Crippen LogP contribution is -2.26. The number of nitrogens with one attached hydrogen (secondary N) is 1. The molecule has 0 atom stereocenters. The maximum atomic E-state index is 12.7. The molecule has 0 aliphatic rings. The molecule has 1 amide bonds. The van der Waals surface area contributed by atoms with Crippen LogP contribution in [0.5, 0.6) is 5.75 Å². The van der Waals surface area contributed by atoms with E-state index in [1.54, 1.807) is 48.5 Å². The van der Waals surface area contributed by atoms with E-state index in [0.29, 0.717) is 35.2 Å². The molecule has 0 aliphatic heterocycles. The van der Waals surface area contributed by atoms with Crippen molar-refractivity contribution in [1.29, 1.82) is 5.26 Å². The zero-order chi connectivity index (χ0) is 21.6. The van der Waals surface area contributed by atoms with Crippen molar-refractivity contribution in [2.75, 3.05) is 6.54 Å². The number of carbonyl (C=O) groups excluding carboxylic acids is 1. The van der Waals surface area contributed by atoms with Crippen LogP contribution in [0.15, 0.2) is 72.8 Å². The molecule has 3 aromatic rings. The summed E-state index contributed by atoms with van der Waals surface area (Å²) in [4.78, 5) is 12.7. The van der Waals surface area contributed by atoms with Crippen LogP contribution >= 0.6 is 0 Å². The van der Waals surface area contributed by atoms with E-state index in [1.807, 2.05) is 0 Å². The Bertz CT molecular complexity index is 1070. The molecular formula is C23H17F3N2O2. The average Bonchev–Trinajstić information content (AvgIpc) is 2.74. The van der Waals surface area contributed by atoms with Gasteiger partial charge in [0.25, 0.3) is 5.91 Å². The fourth-order valence-corrected chi connectivity index (χ4v) is 3.00. The number of hydrogen-bond acceptors (Lipinski definition) is 3. The van der Waals surface area contributed by atoms with E-state index in [0.717, 1.165) is 5.56 Å². The second-order valence-electron chi connectivity index (χ2n) is 6.40. The van der Waals surface area contributed by atoms with Gasteiger partial charge in [0, 0.05) is 17.7 Å². The van der Waals surface area contributed by atoms with Crippen molar-refractivity contribution < 1.29 is 22.7 Å². The molecule has 0 fully saturated rings. The van der Waals surface area contributed by atoms with Gasteiger partial charge in [-0.2, -0.15) is 5.26 Å². The molecule has 0 bridgehead atoms. The van der Waals surface area contributed by atoms with E-state index < -0.39 is 6.36 Å².